The predicted molar refractivity (Wildman–Crippen MR) is 95.4 cm³/mol. The van der Waals surface area contributed by atoms with Crippen LogP contribution in [0.1, 0.15) is 37.0 Å². The minimum Gasteiger partial charge on any atom is -0.508 e. The van der Waals surface area contributed by atoms with E-state index in [1.54, 1.807) is 12.1 Å². The van der Waals surface area contributed by atoms with Gasteiger partial charge in [-0.15, -0.1) is 0 Å². The highest BCUT2D eigenvalue weighted by Crippen LogP contribution is 2.58. The van der Waals surface area contributed by atoms with Crippen LogP contribution in [-0.2, 0) is 17.4 Å². The lowest BCUT2D eigenvalue weighted by Gasteiger charge is -2.61. The summed E-state index contributed by atoms with van der Waals surface area (Å²) in [4.78, 5) is 2.42. The molecule has 0 aromatic heterocycles. The van der Waals surface area contributed by atoms with E-state index in [4.69, 9.17) is 0 Å². The average Bonchev–Trinajstić information content (AvgIpc) is 2.56. The van der Waals surface area contributed by atoms with E-state index < -0.39 is 0 Å². The van der Waals surface area contributed by atoms with Crippen molar-refractivity contribution in [2.45, 2.75) is 37.6 Å². The number of piperidine rings is 1. The molecule has 0 amide bonds. The second-order valence-electron chi connectivity index (χ2n) is 7.77. The van der Waals surface area contributed by atoms with Gasteiger partial charge < -0.3 is 10.2 Å². The summed E-state index contributed by atoms with van der Waals surface area (Å²) >= 11 is 0. The molecule has 126 valence electrons. The number of fused-ring (bicyclic) bond motifs is 4. The van der Waals surface area contributed by atoms with Gasteiger partial charge in [0.1, 0.15) is 11.5 Å². The number of nitrogens with zero attached hydrogens (tertiary/aromatic N) is 1. The maximum absolute atomic E-state index is 10.6. The van der Waals surface area contributed by atoms with E-state index >= 15 is 0 Å². The third-order valence-corrected chi connectivity index (χ3v) is 6.86. The van der Waals surface area contributed by atoms with Crippen LogP contribution in [0.4, 0.5) is 0 Å². The zero-order valence-corrected chi connectivity index (χ0v) is 14.6. The van der Waals surface area contributed by atoms with Crippen LogP contribution in [0.15, 0.2) is 42.5 Å². The molecular formula is C21H25NO2. The van der Waals surface area contributed by atoms with E-state index in [2.05, 4.69) is 37.9 Å². The molecular weight excluding hydrogens is 298 g/mol. The van der Waals surface area contributed by atoms with Crippen molar-refractivity contribution in [1.29, 1.82) is 0 Å². The largest absolute Gasteiger partial charge is 0.508 e. The van der Waals surface area contributed by atoms with Crippen LogP contribution in [0.2, 0.25) is 0 Å². The van der Waals surface area contributed by atoms with Crippen LogP contribution < -0.4 is 0 Å². The number of aromatic hydroxyl groups is 2. The zero-order chi connectivity index (χ0) is 17.1. The van der Waals surface area contributed by atoms with Crippen molar-refractivity contribution >= 4 is 0 Å². The van der Waals surface area contributed by atoms with E-state index in [0.717, 1.165) is 24.9 Å². The van der Waals surface area contributed by atoms with E-state index in [1.807, 2.05) is 18.2 Å². The summed E-state index contributed by atoms with van der Waals surface area (Å²) in [5.41, 5.74) is 3.34. The van der Waals surface area contributed by atoms with Crippen molar-refractivity contribution in [2.24, 2.45) is 5.92 Å². The van der Waals surface area contributed by atoms with E-state index in [0.29, 0.717) is 17.4 Å². The Bertz CT molecular complexity index is 802. The lowest BCUT2D eigenvalue weighted by atomic mass is 9.52. The zero-order valence-electron chi connectivity index (χ0n) is 14.6. The standard InChI is InChI=1S/C21H25NO2/c1-14-20(2)10-11-22(3)21(14,17-6-4-5-7-19(17)24)13-15-8-9-16(23)12-18(15)20/h4-9,12,14,23-24H,10-11,13H2,1-3H3/t14-,20-,21-/m1/s1. The summed E-state index contributed by atoms with van der Waals surface area (Å²) in [6, 6.07) is 13.6. The van der Waals surface area contributed by atoms with Gasteiger partial charge in [0.15, 0.2) is 0 Å². The van der Waals surface area contributed by atoms with Gasteiger partial charge in [-0.3, -0.25) is 4.90 Å². The normalized spacial score (nSPS) is 32.4. The van der Waals surface area contributed by atoms with Gasteiger partial charge in [0.25, 0.3) is 0 Å². The number of benzene rings is 2. The molecule has 2 aromatic carbocycles. The summed E-state index contributed by atoms with van der Waals surface area (Å²) in [7, 11) is 2.17. The van der Waals surface area contributed by atoms with Crippen molar-refractivity contribution in [3.8, 4) is 11.5 Å². The Labute approximate surface area is 143 Å². The third-order valence-electron chi connectivity index (χ3n) is 6.86. The number of phenolic OH excluding ortho intramolecular Hbond substituents is 2. The quantitative estimate of drug-likeness (QED) is 0.839. The second kappa shape index (κ2) is 5.00. The first-order valence-corrected chi connectivity index (χ1v) is 8.72. The minimum atomic E-state index is -0.220. The second-order valence-corrected chi connectivity index (χ2v) is 7.77. The maximum Gasteiger partial charge on any atom is 0.120 e. The number of likely N-dealkylation sites (tertiary alicyclic amines) is 1. The van der Waals surface area contributed by atoms with Gasteiger partial charge in [0.05, 0.1) is 5.54 Å². The topological polar surface area (TPSA) is 43.7 Å². The summed E-state index contributed by atoms with van der Waals surface area (Å²) < 4.78 is 0. The highest BCUT2D eigenvalue weighted by atomic mass is 16.3. The number of likely N-dealkylation sites (N-methyl/N-ethyl adjacent to an activating group) is 1. The SMILES string of the molecule is C[C@@H]1[C@@]2(C)CCN(C)[C@]1(c1ccccc1O)Cc1ccc(O)cc12. The Morgan fingerprint density at radius 2 is 1.83 bits per heavy atom. The fourth-order valence-corrected chi connectivity index (χ4v) is 5.24. The Kier molecular flexibility index (Phi) is 3.23. The summed E-state index contributed by atoms with van der Waals surface area (Å²) in [6.07, 6.45) is 1.91. The van der Waals surface area contributed by atoms with Gasteiger partial charge in [-0.05, 0) is 67.1 Å². The fraction of sp³-hybridized carbons (Fsp3) is 0.429. The Balaban J connectivity index is 2.00. The molecule has 1 aliphatic carbocycles. The van der Waals surface area contributed by atoms with Crippen molar-refractivity contribution in [1.82, 2.24) is 4.90 Å². The van der Waals surface area contributed by atoms with Gasteiger partial charge in [0, 0.05) is 5.56 Å². The van der Waals surface area contributed by atoms with Crippen molar-refractivity contribution in [3.05, 3.63) is 59.2 Å². The molecule has 2 aromatic rings. The number of rotatable bonds is 1. The van der Waals surface area contributed by atoms with Gasteiger partial charge >= 0.3 is 0 Å². The van der Waals surface area contributed by atoms with Crippen molar-refractivity contribution in [3.63, 3.8) is 0 Å². The Morgan fingerprint density at radius 3 is 2.58 bits per heavy atom. The highest BCUT2D eigenvalue weighted by Gasteiger charge is 2.57. The van der Waals surface area contributed by atoms with E-state index in [1.165, 1.54) is 11.1 Å². The van der Waals surface area contributed by atoms with E-state index in [9.17, 15) is 10.2 Å². The van der Waals surface area contributed by atoms with Gasteiger partial charge in [-0.2, -0.15) is 0 Å². The molecule has 0 spiro atoms. The number of hydrogen-bond donors (Lipinski definition) is 2. The molecule has 2 N–H and O–H groups in total. The molecule has 1 fully saturated rings. The first-order valence-electron chi connectivity index (χ1n) is 8.72. The molecule has 2 aliphatic rings. The van der Waals surface area contributed by atoms with Crippen LogP contribution in [-0.4, -0.2) is 28.7 Å². The molecule has 24 heavy (non-hydrogen) atoms. The molecule has 3 nitrogen and oxygen atoms in total. The predicted octanol–water partition coefficient (Wildman–Crippen LogP) is 3.78. The van der Waals surface area contributed by atoms with Gasteiger partial charge in [0.2, 0.25) is 0 Å². The van der Waals surface area contributed by atoms with Crippen molar-refractivity contribution < 1.29 is 10.2 Å². The number of hydrogen-bond acceptors (Lipinski definition) is 3. The Hall–Kier alpha value is -2.00. The van der Waals surface area contributed by atoms with Crippen molar-refractivity contribution in [2.75, 3.05) is 13.6 Å². The minimum absolute atomic E-state index is 0.0128. The molecule has 1 saturated heterocycles. The van der Waals surface area contributed by atoms with Crippen LogP contribution in [0.25, 0.3) is 0 Å². The molecule has 3 heteroatoms. The average molecular weight is 323 g/mol. The van der Waals surface area contributed by atoms with Crippen LogP contribution in [0.3, 0.4) is 0 Å². The van der Waals surface area contributed by atoms with E-state index in [-0.39, 0.29) is 11.0 Å². The lowest BCUT2D eigenvalue weighted by Crippen LogP contribution is -2.63. The van der Waals surface area contributed by atoms with Crippen LogP contribution in [0, 0.1) is 5.92 Å². The number of phenols is 2. The molecule has 1 heterocycles. The molecule has 0 saturated carbocycles. The maximum atomic E-state index is 10.6. The molecule has 4 rings (SSSR count). The molecule has 0 unspecified atom stereocenters. The fourth-order valence-electron chi connectivity index (χ4n) is 5.24. The summed E-state index contributed by atoms with van der Waals surface area (Å²) in [5, 5.41) is 20.6. The molecule has 2 bridgehead atoms. The summed E-state index contributed by atoms with van der Waals surface area (Å²) in [6.45, 7) is 5.59. The third kappa shape index (κ3) is 1.82. The summed E-state index contributed by atoms with van der Waals surface area (Å²) in [5.74, 6) is 1.05. The monoisotopic (exact) mass is 323 g/mol. The molecule has 1 aliphatic heterocycles. The van der Waals surface area contributed by atoms with Crippen LogP contribution in [0.5, 0.6) is 11.5 Å². The Morgan fingerprint density at radius 1 is 1.08 bits per heavy atom. The first-order chi connectivity index (χ1) is 11.4. The van der Waals surface area contributed by atoms with Gasteiger partial charge in [-0.25, -0.2) is 0 Å². The first kappa shape index (κ1) is 15.5. The van der Waals surface area contributed by atoms with Gasteiger partial charge in [-0.1, -0.05) is 38.1 Å². The number of para-hydroxylation sites is 1. The smallest absolute Gasteiger partial charge is 0.120 e. The molecule has 3 atom stereocenters. The molecule has 0 radical (unpaired) electrons. The lowest BCUT2D eigenvalue weighted by molar-refractivity contribution is -0.0428. The van der Waals surface area contributed by atoms with Crippen LogP contribution >= 0.6 is 0 Å². The highest BCUT2D eigenvalue weighted by molar-refractivity contribution is 5.50.